The van der Waals surface area contributed by atoms with E-state index in [2.05, 4.69) is 50.5 Å². The molecule has 1 aliphatic heterocycles. The normalized spacial score (nSPS) is 17.1. The summed E-state index contributed by atoms with van der Waals surface area (Å²) < 4.78 is 0. The van der Waals surface area contributed by atoms with Gasteiger partial charge in [0.25, 0.3) is 5.91 Å². The molecule has 6 nitrogen and oxygen atoms in total. The van der Waals surface area contributed by atoms with Crippen LogP contribution in [0.25, 0.3) is 0 Å². The van der Waals surface area contributed by atoms with Crippen LogP contribution in [-0.2, 0) is 6.54 Å². The summed E-state index contributed by atoms with van der Waals surface area (Å²) in [6, 6.07) is 10.6. The second kappa shape index (κ2) is 8.95. The molecule has 2 aromatic rings. The Morgan fingerprint density at radius 2 is 2.07 bits per heavy atom. The van der Waals surface area contributed by atoms with Crippen molar-refractivity contribution in [1.29, 1.82) is 0 Å². The standard InChI is InChI=1S/C21H29N5O/c1-16-19(13-23-21(24-16)25(2)3)20(27)22-11-9-18-10-12-26(15-18)14-17-7-5-4-6-8-17/h4-8,13,18H,9-12,14-15H2,1-3H3,(H,22,27)/t18-/m1/s1. The molecule has 144 valence electrons. The maximum Gasteiger partial charge on any atom is 0.254 e. The van der Waals surface area contributed by atoms with Crippen LogP contribution in [0.2, 0.25) is 0 Å². The van der Waals surface area contributed by atoms with Crippen molar-refractivity contribution in [3.05, 3.63) is 53.3 Å². The number of amides is 1. The Balaban J connectivity index is 1.43. The van der Waals surface area contributed by atoms with E-state index >= 15 is 0 Å². The number of anilines is 1. The monoisotopic (exact) mass is 367 g/mol. The molecule has 0 aliphatic carbocycles. The number of hydrogen-bond acceptors (Lipinski definition) is 5. The van der Waals surface area contributed by atoms with Gasteiger partial charge in [-0.1, -0.05) is 30.3 Å². The summed E-state index contributed by atoms with van der Waals surface area (Å²) in [5, 5.41) is 3.03. The molecule has 1 fully saturated rings. The molecule has 1 N–H and O–H groups in total. The Morgan fingerprint density at radius 3 is 2.78 bits per heavy atom. The predicted molar refractivity (Wildman–Crippen MR) is 108 cm³/mol. The number of hydrogen-bond donors (Lipinski definition) is 1. The lowest BCUT2D eigenvalue weighted by Gasteiger charge is -2.16. The third kappa shape index (κ3) is 5.26. The predicted octanol–water partition coefficient (Wildman–Crippen LogP) is 2.49. The van der Waals surface area contributed by atoms with Crippen molar-refractivity contribution < 1.29 is 4.79 Å². The van der Waals surface area contributed by atoms with E-state index in [4.69, 9.17) is 0 Å². The van der Waals surface area contributed by atoms with Crippen LogP contribution in [0.1, 0.15) is 34.5 Å². The van der Waals surface area contributed by atoms with Gasteiger partial charge in [-0.15, -0.1) is 0 Å². The highest BCUT2D eigenvalue weighted by Gasteiger charge is 2.22. The molecule has 1 aliphatic rings. The van der Waals surface area contributed by atoms with E-state index in [1.54, 1.807) is 6.20 Å². The Bertz CT molecular complexity index is 762. The van der Waals surface area contributed by atoms with Gasteiger partial charge in [0.05, 0.1) is 11.3 Å². The molecular weight excluding hydrogens is 338 g/mol. The molecule has 1 aromatic carbocycles. The van der Waals surface area contributed by atoms with Crippen LogP contribution < -0.4 is 10.2 Å². The summed E-state index contributed by atoms with van der Waals surface area (Å²) in [4.78, 5) is 25.4. The summed E-state index contributed by atoms with van der Waals surface area (Å²) in [6.45, 7) is 5.79. The molecule has 0 radical (unpaired) electrons. The van der Waals surface area contributed by atoms with Crippen molar-refractivity contribution in [3.8, 4) is 0 Å². The smallest absolute Gasteiger partial charge is 0.254 e. The third-order valence-corrected chi connectivity index (χ3v) is 5.07. The van der Waals surface area contributed by atoms with Crippen LogP contribution in [0, 0.1) is 12.8 Å². The highest BCUT2D eigenvalue weighted by atomic mass is 16.1. The van der Waals surface area contributed by atoms with Gasteiger partial charge in [-0.05, 0) is 37.8 Å². The van der Waals surface area contributed by atoms with Crippen molar-refractivity contribution in [2.45, 2.75) is 26.3 Å². The first-order chi connectivity index (χ1) is 13.0. The van der Waals surface area contributed by atoms with Crippen LogP contribution in [0.5, 0.6) is 0 Å². The van der Waals surface area contributed by atoms with Gasteiger partial charge in [0.15, 0.2) is 0 Å². The van der Waals surface area contributed by atoms with Gasteiger partial charge in [-0.25, -0.2) is 9.97 Å². The third-order valence-electron chi connectivity index (χ3n) is 5.07. The summed E-state index contributed by atoms with van der Waals surface area (Å²) in [7, 11) is 3.77. The molecule has 0 unspecified atom stereocenters. The Hall–Kier alpha value is -2.47. The number of carbonyl (C=O) groups is 1. The molecule has 0 bridgehead atoms. The molecule has 27 heavy (non-hydrogen) atoms. The van der Waals surface area contributed by atoms with Gasteiger partial charge in [-0.2, -0.15) is 0 Å². The van der Waals surface area contributed by atoms with Crippen LogP contribution in [0.4, 0.5) is 5.95 Å². The van der Waals surface area contributed by atoms with Crippen molar-refractivity contribution >= 4 is 11.9 Å². The first-order valence-electron chi connectivity index (χ1n) is 9.58. The largest absolute Gasteiger partial charge is 0.352 e. The first-order valence-corrected chi connectivity index (χ1v) is 9.58. The van der Waals surface area contributed by atoms with E-state index in [0.717, 1.165) is 26.1 Å². The highest BCUT2D eigenvalue weighted by Crippen LogP contribution is 2.21. The minimum absolute atomic E-state index is 0.0862. The summed E-state index contributed by atoms with van der Waals surface area (Å²) >= 11 is 0. The quantitative estimate of drug-likeness (QED) is 0.815. The molecule has 3 rings (SSSR count). The van der Waals surface area contributed by atoms with Gasteiger partial charge in [0, 0.05) is 39.9 Å². The van der Waals surface area contributed by atoms with E-state index < -0.39 is 0 Å². The Labute approximate surface area is 161 Å². The zero-order valence-electron chi connectivity index (χ0n) is 16.5. The molecular formula is C21H29N5O. The maximum atomic E-state index is 12.4. The van der Waals surface area contributed by atoms with Crippen molar-refractivity contribution in [2.75, 3.05) is 38.6 Å². The molecule has 1 saturated heterocycles. The first kappa shape index (κ1) is 19.3. The molecule has 2 heterocycles. The van der Waals surface area contributed by atoms with Gasteiger partial charge >= 0.3 is 0 Å². The van der Waals surface area contributed by atoms with Crippen molar-refractivity contribution in [2.24, 2.45) is 5.92 Å². The minimum atomic E-state index is -0.0862. The van der Waals surface area contributed by atoms with Gasteiger partial charge in [0.1, 0.15) is 0 Å². The fourth-order valence-corrected chi connectivity index (χ4v) is 3.51. The van der Waals surface area contributed by atoms with Crippen LogP contribution in [0.3, 0.4) is 0 Å². The lowest BCUT2D eigenvalue weighted by Crippen LogP contribution is -2.28. The summed E-state index contributed by atoms with van der Waals surface area (Å²) in [5.74, 6) is 1.17. The van der Waals surface area contributed by atoms with Crippen LogP contribution >= 0.6 is 0 Å². The minimum Gasteiger partial charge on any atom is -0.352 e. The number of nitrogens with one attached hydrogen (secondary N) is 1. The highest BCUT2D eigenvalue weighted by molar-refractivity contribution is 5.94. The number of carbonyl (C=O) groups excluding carboxylic acids is 1. The van der Waals surface area contributed by atoms with Crippen LogP contribution in [0.15, 0.2) is 36.5 Å². The number of aromatic nitrogens is 2. The maximum absolute atomic E-state index is 12.4. The van der Waals surface area contributed by atoms with E-state index in [1.807, 2.05) is 25.9 Å². The van der Waals surface area contributed by atoms with Crippen molar-refractivity contribution in [1.82, 2.24) is 20.2 Å². The number of rotatable bonds is 7. The average molecular weight is 367 g/mol. The van der Waals surface area contributed by atoms with Crippen LogP contribution in [-0.4, -0.2) is 54.5 Å². The lowest BCUT2D eigenvalue weighted by atomic mass is 10.1. The topological polar surface area (TPSA) is 61.4 Å². The molecule has 0 spiro atoms. The van der Waals surface area contributed by atoms with E-state index in [1.165, 1.54) is 12.0 Å². The number of nitrogens with zero attached hydrogens (tertiary/aromatic N) is 4. The Morgan fingerprint density at radius 1 is 1.30 bits per heavy atom. The number of benzene rings is 1. The zero-order valence-corrected chi connectivity index (χ0v) is 16.5. The van der Waals surface area contributed by atoms with E-state index in [9.17, 15) is 4.79 Å². The van der Waals surface area contributed by atoms with Gasteiger partial charge in [0.2, 0.25) is 5.95 Å². The fraction of sp³-hybridized carbons (Fsp3) is 0.476. The number of likely N-dealkylation sites (tertiary alicyclic amines) is 1. The average Bonchev–Trinajstić information content (AvgIpc) is 3.09. The summed E-state index contributed by atoms with van der Waals surface area (Å²) in [5.41, 5.74) is 2.63. The van der Waals surface area contributed by atoms with E-state index in [-0.39, 0.29) is 5.91 Å². The second-order valence-electron chi connectivity index (χ2n) is 7.48. The lowest BCUT2D eigenvalue weighted by molar-refractivity contribution is 0.0950. The van der Waals surface area contributed by atoms with Gasteiger partial charge in [-0.3, -0.25) is 9.69 Å². The van der Waals surface area contributed by atoms with Crippen molar-refractivity contribution in [3.63, 3.8) is 0 Å². The molecule has 1 aromatic heterocycles. The molecule has 1 atom stereocenters. The molecule has 6 heteroatoms. The Kier molecular flexibility index (Phi) is 6.40. The fourth-order valence-electron chi connectivity index (χ4n) is 3.51. The SMILES string of the molecule is Cc1nc(N(C)C)ncc1C(=O)NCC[C@@H]1CCN(Cc2ccccc2)C1. The zero-order chi connectivity index (χ0) is 19.2. The summed E-state index contributed by atoms with van der Waals surface area (Å²) in [6.07, 6.45) is 3.82. The number of aryl methyl sites for hydroxylation is 1. The second-order valence-corrected chi connectivity index (χ2v) is 7.48. The van der Waals surface area contributed by atoms with Gasteiger partial charge < -0.3 is 10.2 Å². The molecule has 1 amide bonds. The molecule has 0 saturated carbocycles. The van der Waals surface area contributed by atoms with E-state index in [0.29, 0.717) is 29.7 Å².